The van der Waals surface area contributed by atoms with E-state index in [4.69, 9.17) is 4.74 Å². The molecule has 0 saturated heterocycles. The molecule has 0 bridgehead atoms. The smallest absolute Gasteiger partial charge is 0.308 e. The SMILES string of the molecule is CC(=O)Oc1ccc(C(=O)C2CC2)cc1. The molecule has 2 rings (SSSR count). The minimum atomic E-state index is -0.351. The van der Waals surface area contributed by atoms with Gasteiger partial charge in [0.05, 0.1) is 0 Å². The summed E-state index contributed by atoms with van der Waals surface area (Å²) in [4.78, 5) is 22.3. The fourth-order valence-corrected chi connectivity index (χ4v) is 1.43. The lowest BCUT2D eigenvalue weighted by Gasteiger charge is -2.02. The Balaban J connectivity index is 2.09. The molecule has 78 valence electrons. The largest absolute Gasteiger partial charge is 0.427 e. The number of Topliss-reactive ketones (excluding diaryl/α,β-unsaturated/α-hetero) is 1. The summed E-state index contributed by atoms with van der Waals surface area (Å²) in [5, 5.41) is 0. The molecule has 0 amide bonds. The van der Waals surface area contributed by atoms with E-state index < -0.39 is 0 Å². The van der Waals surface area contributed by atoms with Gasteiger partial charge in [-0.2, -0.15) is 0 Å². The number of rotatable bonds is 3. The number of hydrogen-bond acceptors (Lipinski definition) is 3. The molecule has 1 aliphatic rings. The number of carbonyl (C=O) groups excluding carboxylic acids is 2. The van der Waals surface area contributed by atoms with Crippen LogP contribution in [0.1, 0.15) is 30.1 Å². The van der Waals surface area contributed by atoms with Crippen molar-refractivity contribution in [1.82, 2.24) is 0 Å². The second-order valence-corrected chi connectivity index (χ2v) is 3.76. The van der Waals surface area contributed by atoms with Crippen molar-refractivity contribution in [2.45, 2.75) is 19.8 Å². The maximum Gasteiger partial charge on any atom is 0.308 e. The van der Waals surface area contributed by atoms with Gasteiger partial charge in [0.25, 0.3) is 0 Å². The lowest BCUT2D eigenvalue weighted by Crippen LogP contribution is -2.03. The Morgan fingerprint density at radius 1 is 1.20 bits per heavy atom. The summed E-state index contributed by atoms with van der Waals surface area (Å²) in [5.74, 6) is 0.556. The Hall–Kier alpha value is -1.64. The third-order valence-electron chi connectivity index (χ3n) is 2.35. The van der Waals surface area contributed by atoms with Crippen LogP contribution >= 0.6 is 0 Å². The lowest BCUT2D eigenvalue weighted by molar-refractivity contribution is -0.131. The summed E-state index contributed by atoms with van der Waals surface area (Å²) in [6, 6.07) is 6.71. The number of ether oxygens (including phenoxy) is 1. The average molecular weight is 204 g/mol. The highest BCUT2D eigenvalue weighted by atomic mass is 16.5. The van der Waals surface area contributed by atoms with Crippen molar-refractivity contribution >= 4 is 11.8 Å². The average Bonchev–Trinajstić information content (AvgIpc) is 3.00. The number of esters is 1. The van der Waals surface area contributed by atoms with E-state index in [9.17, 15) is 9.59 Å². The van der Waals surface area contributed by atoms with Crippen molar-refractivity contribution in [3.05, 3.63) is 29.8 Å². The van der Waals surface area contributed by atoms with Crippen molar-refractivity contribution in [2.24, 2.45) is 5.92 Å². The fraction of sp³-hybridized carbons (Fsp3) is 0.333. The zero-order valence-electron chi connectivity index (χ0n) is 8.53. The predicted octanol–water partition coefficient (Wildman–Crippen LogP) is 2.20. The van der Waals surface area contributed by atoms with Gasteiger partial charge < -0.3 is 4.74 Å². The molecule has 0 unspecified atom stereocenters. The summed E-state index contributed by atoms with van der Waals surface area (Å²) < 4.78 is 4.87. The van der Waals surface area contributed by atoms with Crippen LogP contribution in [0.2, 0.25) is 0 Å². The van der Waals surface area contributed by atoms with Crippen molar-refractivity contribution in [1.29, 1.82) is 0 Å². The number of ketones is 1. The monoisotopic (exact) mass is 204 g/mol. The third kappa shape index (κ3) is 2.43. The third-order valence-corrected chi connectivity index (χ3v) is 2.35. The molecule has 0 aliphatic heterocycles. The molecule has 1 aromatic carbocycles. The van der Waals surface area contributed by atoms with E-state index in [1.165, 1.54) is 6.92 Å². The number of benzene rings is 1. The molecule has 0 radical (unpaired) electrons. The van der Waals surface area contributed by atoms with Crippen LogP contribution in [-0.4, -0.2) is 11.8 Å². The number of hydrogen-bond donors (Lipinski definition) is 0. The Morgan fingerprint density at radius 3 is 2.27 bits per heavy atom. The molecular weight excluding hydrogens is 192 g/mol. The van der Waals surface area contributed by atoms with Crippen LogP contribution in [0.5, 0.6) is 5.75 Å². The molecule has 1 fully saturated rings. The maximum atomic E-state index is 11.6. The van der Waals surface area contributed by atoms with Crippen molar-refractivity contribution in [2.75, 3.05) is 0 Å². The first kappa shape index (κ1) is 9.90. The molecule has 0 N–H and O–H groups in total. The van der Waals surface area contributed by atoms with Gasteiger partial charge in [0.2, 0.25) is 0 Å². The molecule has 3 nitrogen and oxygen atoms in total. The van der Waals surface area contributed by atoms with E-state index in [-0.39, 0.29) is 17.7 Å². The first-order valence-corrected chi connectivity index (χ1v) is 4.99. The van der Waals surface area contributed by atoms with Crippen LogP contribution in [0.25, 0.3) is 0 Å². The Labute approximate surface area is 88.1 Å². The quantitative estimate of drug-likeness (QED) is 0.430. The second kappa shape index (κ2) is 3.85. The lowest BCUT2D eigenvalue weighted by atomic mass is 10.1. The minimum Gasteiger partial charge on any atom is -0.427 e. The van der Waals surface area contributed by atoms with Crippen LogP contribution in [0, 0.1) is 5.92 Å². The predicted molar refractivity (Wildman–Crippen MR) is 54.8 cm³/mol. The van der Waals surface area contributed by atoms with Crippen LogP contribution in [0.15, 0.2) is 24.3 Å². The van der Waals surface area contributed by atoms with Crippen molar-refractivity contribution < 1.29 is 14.3 Å². The van der Waals surface area contributed by atoms with E-state index >= 15 is 0 Å². The Kier molecular flexibility index (Phi) is 2.54. The van der Waals surface area contributed by atoms with Crippen molar-refractivity contribution in [3.63, 3.8) is 0 Å². The summed E-state index contributed by atoms with van der Waals surface area (Å²) in [6.07, 6.45) is 2.01. The van der Waals surface area contributed by atoms with Gasteiger partial charge in [-0.05, 0) is 37.1 Å². The molecule has 3 heteroatoms. The van der Waals surface area contributed by atoms with Crippen LogP contribution in [0.4, 0.5) is 0 Å². The zero-order chi connectivity index (χ0) is 10.8. The standard InChI is InChI=1S/C12H12O3/c1-8(13)15-11-6-4-10(5-7-11)12(14)9-2-3-9/h4-7,9H,2-3H2,1H3. The molecule has 0 atom stereocenters. The summed E-state index contributed by atoms with van der Waals surface area (Å²) in [5.41, 5.74) is 0.702. The van der Waals surface area contributed by atoms with Gasteiger partial charge in [0.15, 0.2) is 5.78 Å². The van der Waals surface area contributed by atoms with Crippen molar-refractivity contribution in [3.8, 4) is 5.75 Å². The van der Waals surface area contributed by atoms with Gasteiger partial charge in [-0.25, -0.2) is 0 Å². The molecule has 0 aromatic heterocycles. The van der Waals surface area contributed by atoms with Gasteiger partial charge in [0.1, 0.15) is 5.75 Å². The first-order chi connectivity index (χ1) is 7.16. The highest BCUT2D eigenvalue weighted by Crippen LogP contribution is 2.32. The molecule has 1 aromatic rings. The second-order valence-electron chi connectivity index (χ2n) is 3.76. The number of carbonyl (C=O) groups is 2. The van der Waals surface area contributed by atoms with Gasteiger partial charge in [-0.3, -0.25) is 9.59 Å². The van der Waals surface area contributed by atoms with Gasteiger partial charge in [-0.15, -0.1) is 0 Å². The van der Waals surface area contributed by atoms with Gasteiger partial charge in [0, 0.05) is 18.4 Å². The Morgan fingerprint density at radius 2 is 1.80 bits per heavy atom. The normalized spacial score (nSPS) is 14.7. The molecule has 1 saturated carbocycles. The summed E-state index contributed by atoms with van der Waals surface area (Å²) in [7, 11) is 0. The summed E-state index contributed by atoms with van der Waals surface area (Å²) >= 11 is 0. The Bertz CT molecular complexity index is 388. The maximum absolute atomic E-state index is 11.6. The minimum absolute atomic E-state index is 0.198. The van der Waals surface area contributed by atoms with Crippen LogP contribution in [-0.2, 0) is 4.79 Å². The van der Waals surface area contributed by atoms with E-state index in [1.807, 2.05) is 0 Å². The van der Waals surface area contributed by atoms with E-state index in [1.54, 1.807) is 24.3 Å². The first-order valence-electron chi connectivity index (χ1n) is 4.99. The zero-order valence-corrected chi connectivity index (χ0v) is 8.53. The van der Waals surface area contributed by atoms with Crippen LogP contribution in [0.3, 0.4) is 0 Å². The topological polar surface area (TPSA) is 43.4 Å². The fourth-order valence-electron chi connectivity index (χ4n) is 1.43. The van der Waals surface area contributed by atoms with E-state index in [2.05, 4.69) is 0 Å². The van der Waals surface area contributed by atoms with Crippen LogP contribution < -0.4 is 4.74 Å². The molecule has 15 heavy (non-hydrogen) atoms. The molecule has 0 spiro atoms. The van der Waals surface area contributed by atoms with Gasteiger partial charge in [-0.1, -0.05) is 0 Å². The summed E-state index contributed by atoms with van der Waals surface area (Å²) in [6.45, 7) is 1.35. The highest BCUT2D eigenvalue weighted by Gasteiger charge is 2.30. The van der Waals surface area contributed by atoms with E-state index in [0.717, 1.165) is 12.8 Å². The highest BCUT2D eigenvalue weighted by molar-refractivity contribution is 5.99. The van der Waals surface area contributed by atoms with E-state index in [0.29, 0.717) is 11.3 Å². The molecule has 1 aliphatic carbocycles. The van der Waals surface area contributed by atoms with Gasteiger partial charge >= 0.3 is 5.97 Å². The molecule has 0 heterocycles. The molecular formula is C12H12O3.